The molecule has 0 aliphatic carbocycles. The van der Waals surface area contributed by atoms with Crippen molar-refractivity contribution in [3.8, 4) is 0 Å². The highest BCUT2D eigenvalue weighted by molar-refractivity contribution is 7.90. The van der Waals surface area contributed by atoms with Crippen LogP contribution >= 0.6 is 0 Å². The maximum Gasteiger partial charge on any atom is 0.338 e. The van der Waals surface area contributed by atoms with Crippen molar-refractivity contribution in [2.75, 3.05) is 23.5 Å². The molecule has 0 atom stereocenters. The fourth-order valence-electron chi connectivity index (χ4n) is 2.80. The normalized spacial score (nSPS) is 13.6. The van der Waals surface area contributed by atoms with Crippen molar-refractivity contribution in [2.24, 2.45) is 0 Å². The van der Waals surface area contributed by atoms with Crippen LogP contribution in [0, 0.1) is 6.92 Å². The molecule has 0 saturated heterocycles. The zero-order valence-corrected chi connectivity index (χ0v) is 15.6. The number of carbonyl (C=O) groups is 3. The van der Waals surface area contributed by atoms with E-state index in [9.17, 15) is 22.8 Å². The number of benzene rings is 2. The second-order valence-corrected chi connectivity index (χ2v) is 8.57. The lowest BCUT2D eigenvalue weighted by molar-refractivity contribution is 0.0528. The summed E-state index contributed by atoms with van der Waals surface area (Å²) in [5, 5.41) is 0. The molecule has 7 nitrogen and oxygen atoms in total. The van der Waals surface area contributed by atoms with Gasteiger partial charge in [0.15, 0.2) is 9.84 Å². The summed E-state index contributed by atoms with van der Waals surface area (Å²) in [4.78, 5) is 38.5. The number of amides is 2. The Bertz CT molecular complexity index is 1020. The highest BCUT2D eigenvalue weighted by Gasteiger charge is 2.36. The standard InChI is InChI=1S/C19H17NO6S/c1-12-9-13(19(23)26-7-8-27(2,24)25)11-14(10-12)20-17(21)15-5-3-4-6-16(15)18(20)22/h3-6,9-11H,7-8H2,1-2H3. The lowest BCUT2D eigenvalue weighted by Gasteiger charge is -2.16. The Hall–Kier alpha value is -3.00. The third-order valence-corrected chi connectivity index (χ3v) is 4.95. The van der Waals surface area contributed by atoms with Crippen LogP contribution in [-0.4, -0.2) is 44.8 Å². The minimum atomic E-state index is -3.25. The van der Waals surface area contributed by atoms with Crippen molar-refractivity contribution in [3.63, 3.8) is 0 Å². The van der Waals surface area contributed by atoms with Gasteiger partial charge in [-0.2, -0.15) is 0 Å². The van der Waals surface area contributed by atoms with Crippen LogP contribution in [0.25, 0.3) is 0 Å². The van der Waals surface area contributed by atoms with E-state index in [1.807, 2.05) is 0 Å². The monoisotopic (exact) mass is 387 g/mol. The molecule has 3 rings (SSSR count). The largest absolute Gasteiger partial charge is 0.461 e. The lowest BCUT2D eigenvalue weighted by Crippen LogP contribution is -2.29. The Kier molecular flexibility index (Phi) is 4.84. The highest BCUT2D eigenvalue weighted by atomic mass is 32.2. The predicted octanol–water partition coefficient (Wildman–Crippen LogP) is 2.00. The Morgan fingerprint density at radius 3 is 2.19 bits per heavy atom. The number of sulfone groups is 1. The molecule has 27 heavy (non-hydrogen) atoms. The van der Waals surface area contributed by atoms with Gasteiger partial charge in [-0.1, -0.05) is 12.1 Å². The predicted molar refractivity (Wildman–Crippen MR) is 98.8 cm³/mol. The number of fused-ring (bicyclic) bond motifs is 1. The second kappa shape index (κ2) is 6.96. The minimum Gasteiger partial charge on any atom is -0.461 e. The number of nitrogens with zero attached hydrogens (tertiary/aromatic N) is 1. The van der Waals surface area contributed by atoms with Crippen LogP contribution in [0.5, 0.6) is 0 Å². The van der Waals surface area contributed by atoms with Crippen LogP contribution in [0.3, 0.4) is 0 Å². The van der Waals surface area contributed by atoms with Gasteiger partial charge in [0.25, 0.3) is 11.8 Å². The van der Waals surface area contributed by atoms with Crippen LogP contribution in [0.2, 0.25) is 0 Å². The van der Waals surface area contributed by atoms with E-state index in [1.165, 1.54) is 6.07 Å². The number of hydrogen-bond acceptors (Lipinski definition) is 6. The van der Waals surface area contributed by atoms with E-state index in [0.29, 0.717) is 16.7 Å². The molecular weight excluding hydrogens is 370 g/mol. The summed E-state index contributed by atoms with van der Waals surface area (Å²) in [7, 11) is -3.25. The summed E-state index contributed by atoms with van der Waals surface area (Å²) in [5.74, 6) is -1.93. The molecule has 0 aromatic heterocycles. The van der Waals surface area contributed by atoms with E-state index in [2.05, 4.69) is 0 Å². The molecule has 0 spiro atoms. The topological polar surface area (TPSA) is 97.8 Å². The van der Waals surface area contributed by atoms with E-state index in [-0.39, 0.29) is 23.6 Å². The van der Waals surface area contributed by atoms with Crippen molar-refractivity contribution in [1.82, 2.24) is 0 Å². The molecule has 1 aliphatic rings. The van der Waals surface area contributed by atoms with Gasteiger partial charge in [-0.25, -0.2) is 18.1 Å². The summed E-state index contributed by atoms with van der Waals surface area (Å²) in [5.41, 5.74) is 1.66. The third kappa shape index (κ3) is 3.90. The Labute approximate surface area is 156 Å². The first-order valence-corrected chi connectivity index (χ1v) is 10.2. The first kappa shape index (κ1) is 18.8. The molecule has 1 heterocycles. The number of aryl methyl sites for hydroxylation is 1. The summed E-state index contributed by atoms with van der Waals surface area (Å²) in [6.45, 7) is 1.45. The van der Waals surface area contributed by atoms with Gasteiger partial charge in [0, 0.05) is 6.26 Å². The summed E-state index contributed by atoms with van der Waals surface area (Å²) in [6, 6.07) is 11.1. The fraction of sp³-hybridized carbons (Fsp3) is 0.211. The van der Waals surface area contributed by atoms with Crippen molar-refractivity contribution in [3.05, 3.63) is 64.7 Å². The number of anilines is 1. The third-order valence-electron chi connectivity index (χ3n) is 4.04. The van der Waals surface area contributed by atoms with E-state index in [4.69, 9.17) is 4.74 Å². The molecule has 0 unspecified atom stereocenters. The second-order valence-electron chi connectivity index (χ2n) is 6.31. The van der Waals surface area contributed by atoms with Crippen LogP contribution in [-0.2, 0) is 14.6 Å². The Morgan fingerprint density at radius 1 is 1.04 bits per heavy atom. The van der Waals surface area contributed by atoms with Gasteiger partial charge < -0.3 is 4.74 Å². The molecule has 2 amide bonds. The average molecular weight is 387 g/mol. The number of rotatable bonds is 5. The van der Waals surface area contributed by atoms with E-state index >= 15 is 0 Å². The summed E-state index contributed by atoms with van der Waals surface area (Å²) < 4.78 is 27.3. The molecular formula is C19H17NO6S. The summed E-state index contributed by atoms with van der Waals surface area (Å²) >= 11 is 0. The maximum absolute atomic E-state index is 12.6. The van der Waals surface area contributed by atoms with Gasteiger partial charge in [-0.3, -0.25) is 9.59 Å². The maximum atomic E-state index is 12.6. The van der Waals surface area contributed by atoms with Crippen molar-refractivity contribution in [2.45, 2.75) is 6.92 Å². The van der Waals surface area contributed by atoms with Crippen molar-refractivity contribution >= 4 is 33.3 Å². The van der Waals surface area contributed by atoms with E-state index in [0.717, 1.165) is 11.2 Å². The van der Waals surface area contributed by atoms with Gasteiger partial charge in [-0.05, 0) is 42.8 Å². The highest BCUT2D eigenvalue weighted by Crippen LogP contribution is 2.29. The lowest BCUT2D eigenvalue weighted by atomic mass is 10.1. The molecule has 0 N–H and O–H groups in total. The zero-order valence-electron chi connectivity index (χ0n) is 14.8. The molecule has 2 aromatic carbocycles. The van der Waals surface area contributed by atoms with E-state index < -0.39 is 27.6 Å². The molecule has 0 saturated carbocycles. The SMILES string of the molecule is Cc1cc(C(=O)OCCS(C)(=O)=O)cc(N2C(=O)c3ccccc3C2=O)c1. The van der Waals surface area contributed by atoms with Crippen molar-refractivity contribution < 1.29 is 27.5 Å². The molecule has 0 bridgehead atoms. The molecule has 8 heteroatoms. The van der Waals surface area contributed by atoms with Crippen LogP contribution in [0.15, 0.2) is 42.5 Å². The summed E-state index contributed by atoms with van der Waals surface area (Å²) in [6.07, 6.45) is 1.05. The van der Waals surface area contributed by atoms with Gasteiger partial charge >= 0.3 is 5.97 Å². The number of imide groups is 1. The smallest absolute Gasteiger partial charge is 0.338 e. The van der Waals surface area contributed by atoms with Gasteiger partial charge in [0.1, 0.15) is 6.61 Å². The van der Waals surface area contributed by atoms with Crippen molar-refractivity contribution in [1.29, 1.82) is 0 Å². The molecule has 2 aromatic rings. The van der Waals surface area contributed by atoms with Crippen LogP contribution < -0.4 is 4.90 Å². The Balaban J connectivity index is 1.87. The molecule has 0 radical (unpaired) electrons. The van der Waals surface area contributed by atoms with Gasteiger partial charge in [0.05, 0.1) is 28.1 Å². The molecule has 140 valence electrons. The number of ether oxygens (including phenoxy) is 1. The van der Waals surface area contributed by atoms with Gasteiger partial charge in [-0.15, -0.1) is 0 Å². The van der Waals surface area contributed by atoms with Crippen LogP contribution in [0.1, 0.15) is 36.6 Å². The Morgan fingerprint density at radius 2 is 1.63 bits per heavy atom. The number of esters is 1. The number of hydrogen-bond donors (Lipinski definition) is 0. The first-order valence-electron chi connectivity index (χ1n) is 8.12. The van der Waals surface area contributed by atoms with Crippen LogP contribution in [0.4, 0.5) is 5.69 Å². The first-order chi connectivity index (χ1) is 12.7. The van der Waals surface area contributed by atoms with E-state index in [1.54, 1.807) is 43.3 Å². The average Bonchev–Trinajstić information content (AvgIpc) is 2.84. The zero-order chi connectivity index (χ0) is 19.8. The van der Waals surface area contributed by atoms with Gasteiger partial charge in [0.2, 0.25) is 0 Å². The molecule has 1 aliphatic heterocycles. The number of carbonyl (C=O) groups excluding carboxylic acids is 3. The quantitative estimate of drug-likeness (QED) is 0.575. The minimum absolute atomic E-state index is 0.134. The fourth-order valence-corrected chi connectivity index (χ4v) is 3.19. The molecule has 0 fully saturated rings.